The first kappa shape index (κ1) is 15.7. The molecule has 0 aromatic heterocycles. The highest BCUT2D eigenvalue weighted by Crippen LogP contribution is 2.31. The minimum absolute atomic E-state index is 0.177. The molecule has 0 unspecified atom stereocenters. The van der Waals surface area contributed by atoms with Gasteiger partial charge in [0.2, 0.25) is 5.75 Å². The molecule has 0 amide bonds. The number of nitroso groups, excluding NO2 is 1. The number of esters is 1. The van der Waals surface area contributed by atoms with Gasteiger partial charge in [-0.25, -0.2) is 0 Å². The van der Waals surface area contributed by atoms with Crippen LogP contribution in [-0.2, 0) is 4.79 Å². The number of nitrogens with zero attached hydrogens (tertiary/aromatic N) is 1. The molecule has 108 valence electrons. The fourth-order valence-corrected chi connectivity index (χ4v) is 2.20. The summed E-state index contributed by atoms with van der Waals surface area (Å²) < 4.78 is 6.67. The van der Waals surface area contributed by atoms with Crippen LogP contribution >= 0.6 is 31.9 Å². The van der Waals surface area contributed by atoms with E-state index in [1.54, 1.807) is 30.3 Å². The maximum atomic E-state index is 12.2. The average molecular weight is 415 g/mol. The van der Waals surface area contributed by atoms with Crippen molar-refractivity contribution in [3.63, 3.8) is 0 Å². The fraction of sp³-hybridized carbons (Fsp3) is 0.0714. The van der Waals surface area contributed by atoms with Crippen molar-refractivity contribution in [1.29, 1.82) is 0 Å². The molecule has 0 bridgehead atoms. The van der Waals surface area contributed by atoms with E-state index in [0.717, 1.165) is 4.47 Å². The smallest absolute Gasteiger partial charge is 0.334 e. The van der Waals surface area contributed by atoms with E-state index in [0.29, 0.717) is 15.0 Å². The van der Waals surface area contributed by atoms with Gasteiger partial charge in [0.05, 0.1) is 4.91 Å². The van der Waals surface area contributed by atoms with Gasteiger partial charge >= 0.3 is 11.7 Å². The second-order valence-corrected chi connectivity index (χ2v) is 5.95. The number of hydrazine groups is 1. The molecule has 0 radical (unpaired) electrons. The Balaban J connectivity index is 2.25. The number of benzene rings is 2. The molecule has 0 aliphatic rings. The van der Waals surface area contributed by atoms with Crippen molar-refractivity contribution < 1.29 is 14.4 Å². The van der Waals surface area contributed by atoms with E-state index in [4.69, 9.17) is 4.74 Å². The monoisotopic (exact) mass is 413 g/mol. The van der Waals surface area contributed by atoms with Gasteiger partial charge in [-0.15, -0.1) is 5.43 Å². The molecule has 2 aromatic rings. The highest BCUT2D eigenvalue weighted by atomic mass is 79.9. The number of halogens is 2. The Morgan fingerprint density at radius 1 is 1.10 bits per heavy atom. The Morgan fingerprint density at radius 2 is 1.71 bits per heavy atom. The maximum Gasteiger partial charge on any atom is 0.334 e. The number of anilines is 1. The number of hydrogen-bond acceptors (Lipinski definition) is 3. The van der Waals surface area contributed by atoms with Crippen molar-refractivity contribution >= 4 is 49.2 Å². The third kappa shape index (κ3) is 4.37. The summed E-state index contributed by atoms with van der Waals surface area (Å²) in [6.45, 7) is 1.28. The van der Waals surface area contributed by atoms with Gasteiger partial charge in [-0.05, 0) is 30.3 Å². The Kier molecular flexibility index (Phi) is 5.08. The number of carbonyl (C=O) groups excluding carboxylic acids is 1. The third-order valence-corrected chi connectivity index (χ3v) is 3.49. The third-order valence-electron chi connectivity index (χ3n) is 2.47. The molecule has 0 heterocycles. The Hall–Kier alpha value is -1.73. The first-order chi connectivity index (χ1) is 9.95. The van der Waals surface area contributed by atoms with Gasteiger partial charge in [0.25, 0.3) is 0 Å². The standard InChI is InChI=1S/C14H11Br2N2O3/c1-9(19)21-14-8-11(16)4-7-13(14)18(20)17-12-5-2-10(15)3-6-12/h2-8H,1H3,(H,17,20)/q+1. The van der Waals surface area contributed by atoms with Crippen LogP contribution in [-0.4, -0.2) is 10.8 Å². The summed E-state index contributed by atoms with van der Waals surface area (Å²) in [6, 6.07) is 11.9. The van der Waals surface area contributed by atoms with Crippen LogP contribution in [0, 0.1) is 4.91 Å². The van der Waals surface area contributed by atoms with Gasteiger partial charge in [0.1, 0.15) is 5.69 Å². The van der Waals surface area contributed by atoms with Gasteiger partial charge in [0.15, 0.2) is 4.87 Å². The van der Waals surface area contributed by atoms with E-state index in [1.807, 2.05) is 12.1 Å². The number of carbonyl (C=O) groups is 1. The summed E-state index contributed by atoms with van der Waals surface area (Å²) in [5.41, 5.74) is 3.49. The average Bonchev–Trinajstić information content (AvgIpc) is 2.40. The SMILES string of the molecule is CC(=O)Oc1cc(Br)ccc1[N+](=O)Nc1ccc(Br)cc1. The van der Waals surface area contributed by atoms with Gasteiger partial charge in [0, 0.05) is 28.0 Å². The molecule has 2 rings (SSSR count). The molecule has 21 heavy (non-hydrogen) atoms. The van der Waals surface area contributed by atoms with Crippen LogP contribution in [0.2, 0.25) is 0 Å². The van der Waals surface area contributed by atoms with E-state index < -0.39 is 5.97 Å². The van der Waals surface area contributed by atoms with Gasteiger partial charge in [-0.1, -0.05) is 31.9 Å². The van der Waals surface area contributed by atoms with Crippen LogP contribution in [0.4, 0.5) is 11.4 Å². The van der Waals surface area contributed by atoms with Crippen LogP contribution in [0.1, 0.15) is 6.92 Å². The first-order valence-electron chi connectivity index (χ1n) is 5.93. The molecule has 0 saturated carbocycles. The van der Waals surface area contributed by atoms with Crippen molar-refractivity contribution in [1.82, 2.24) is 0 Å². The second kappa shape index (κ2) is 6.82. The van der Waals surface area contributed by atoms with Crippen LogP contribution in [0.3, 0.4) is 0 Å². The van der Waals surface area contributed by atoms with E-state index in [9.17, 15) is 9.70 Å². The zero-order valence-electron chi connectivity index (χ0n) is 11.0. The van der Waals surface area contributed by atoms with Gasteiger partial charge < -0.3 is 4.74 Å². The molecule has 2 aromatic carbocycles. The topological polar surface area (TPSA) is 58.4 Å². The van der Waals surface area contributed by atoms with E-state index >= 15 is 0 Å². The minimum Gasteiger partial charge on any atom is -0.419 e. The minimum atomic E-state index is -0.494. The zero-order chi connectivity index (χ0) is 15.4. The normalized spacial score (nSPS) is 10.0. The molecule has 0 atom stereocenters. The van der Waals surface area contributed by atoms with Crippen molar-refractivity contribution in [2.75, 3.05) is 5.43 Å². The molecule has 0 aliphatic heterocycles. The Bertz CT molecular complexity index is 687. The highest BCUT2D eigenvalue weighted by Gasteiger charge is 2.22. The van der Waals surface area contributed by atoms with E-state index in [1.165, 1.54) is 6.92 Å². The lowest BCUT2D eigenvalue weighted by Crippen LogP contribution is -2.12. The number of hydrogen-bond donors (Lipinski definition) is 1. The van der Waals surface area contributed by atoms with Crippen molar-refractivity contribution in [3.05, 3.63) is 56.3 Å². The lowest BCUT2D eigenvalue weighted by molar-refractivity contribution is -0.428. The predicted molar refractivity (Wildman–Crippen MR) is 86.5 cm³/mol. The number of ether oxygens (including phenoxy) is 1. The first-order valence-corrected chi connectivity index (χ1v) is 7.52. The fourth-order valence-electron chi connectivity index (χ4n) is 1.59. The summed E-state index contributed by atoms with van der Waals surface area (Å²) in [4.78, 5) is 23.9. The maximum absolute atomic E-state index is 12.2. The summed E-state index contributed by atoms with van der Waals surface area (Å²) in [5.74, 6) is -0.317. The molecule has 5 nitrogen and oxygen atoms in total. The van der Waals surface area contributed by atoms with Crippen LogP contribution in [0.5, 0.6) is 5.75 Å². The summed E-state index contributed by atoms with van der Waals surface area (Å²) in [5, 5.41) is 0. The molecule has 7 heteroatoms. The molecular weight excluding hydrogens is 404 g/mol. The predicted octanol–water partition coefficient (Wildman–Crippen LogP) is 4.57. The Morgan fingerprint density at radius 3 is 2.33 bits per heavy atom. The lowest BCUT2D eigenvalue weighted by atomic mass is 10.3. The molecule has 0 aliphatic carbocycles. The number of nitrogens with one attached hydrogen (secondary N) is 1. The lowest BCUT2D eigenvalue weighted by Gasteiger charge is -2.04. The van der Waals surface area contributed by atoms with E-state index in [2.05, 4.69) is 37.3 Å². The van der Waals surface area contributed by atoms with Gasteiger partial charge in [-0.3, -0.25) is 4.79 Å². The summed E-state index contributed by atoms with van der Waals surface area (Å²) in [6.07, 6.45) is 0. The van der Waals surface area contributed by atoms with Crippen molar-refractivity contribution in [3.8, 4) is 5.75 Å². The van der Waals surface area contributed by atoms with E-state index in [-0.39, 0.29) is 11.4 Å². The van der Waals surface area contributed by atoms with Crippen molar-refractivity contribution in [2.24, 2.45) is 0 Å². The van der Waals surface area contributed by atoms with Crippen LogP contribution in [0.15, 0.2) is 51.4 Å². The zero-order valence-corrected chi connectivity index (χ0v) is 14.1. The summed E-state index contributed by atoms with van der Waals surface area (Å²) >= 11 is 6.59. The molecule has 0 saturated heterocycles. The highest BCUT2D eigenvalue weighted by molar-refractivity contribution is 9.10. The van der Waals surface area contributed by atoms with Gasteiger partial charge in [-0.2, -0.15) is 0 Å². The Labute approximate surface area is 138 Å². The largest absolute Gasteiger partial charge is 0.419 e. The van der Waals surface area contributed by atoms with Crippen LogP contribution < -0.4 is 10.2 Å². The molecule has 1 N–H and O–H groups in total. The summed E-state index contributed by atoms with van der Waals surface area (Å²) in [7, 11) is 0. The second-order valence-electron chi connectivity index (χ2n) is 4.12. The molecular formula is C14H11Br2N2O3+. The molecule has 0 spiro atoms. The van der Waals surface area contributed by atoms with Crippen molar-refractivity contribution in [2.45, 2.75) is 6.92 Å². The van der Waals surface area contributed by atoms with Crippen LogP contribution in [0.25, 0.3) is 0 Å². The number of rotatable bonds is 4. The quantitative estimate of drug-likeness (QED) is 0.344. The molecule has 0 fully saturated rings.